The maximum atomic E-state index is 12.6. The van der Waals surface area contributed by atoms with Crippen molar-refractivity contribution in [2.75, 3.05) is 18.5 Å². The lowest BCUT2D eigenvalue weighted by Gasteiger charge is -2.14. The minimum Gasteiger partial charge on any atom is -0.490 e. The summed E-state index contributed by atoms with van der Waals surface area (Å²) < 4.78 is 12.2. The number of halogens is 1. The van der Waals surface area contributed by atoms with Crippen LogP contribution in [0.4, 0.5) is 5.69 Å². The van der Waals surface area contributed by atoms with Gasteiger partial charge in [-0.25, -0.2) is 0 Å². The summed E-state index contributed by atoms with van der Waals surface area (Å²) in [6.07, 6.45) is 1.56. The molecule has 0 atom stereocenters. The number of nitrogens with zero attached hydrogens (tertiary/aromatic N) is 1. The van der Waals surface area contributed by atoms with E-state index in [2.05, 4.69) is 27.9 Å². The Balaban J connectivity index is 2.36. The molecule has 0 bridgehead atoms. The van der Waals surface area contributed by atoms with Crippen LogP contribution < -0.4 is 14.8 Å². The van der Waals surface area contributed by atoms with Crippen molar-refractivity contribution < 1.29 is 14.3 Å². The number of nitrogens with one attached hydrogen (secondary N) is 1. The van der Waals surface area contributed by atoms with Gasteiger partial charge in [-0.05, 0) is 91.3 Å². The van der Waals surface area contributed by atoms with E-state index < -0.39 is 5.91 Å². The molecule has 0 heterocycles. The van der Waals surface area contributed by atoms with Crippen molar-refractivity contribution in [2.24, 2.45) is 0 Å². The summed E-state index contributed by atoms with van der Waals surface area (Å²) in [4.78, 5) is 12.6. The minimum absolute atomic E-state index is 0.0170. The number of anilines is 1. The Morgan fingerprint density at radius 3 is 2.54 bits per heavy atom. The lowest BCUT2D eigenvalue weighted by atomic mass is 10.1. The molecule has 0 aliphatic heterocycles. The molecular weight excluding hydrogens is 467 g/mol. The van der Waals surface area contributed by atoms with Gasteiger partial charge in [0.1, 0.15) is 11.6 Å². The summed E-state index contributed by atoms with van der Waals surface area (Å²) in [5.74, 6) is 0.813. The molecule has 146 valence electrons. The van der Waals surface area contributed by atoms with Crippen molar-refractivity contribution in [3.8, 4) is 17.6 Å². The van der Waals surface area contributed by atoms with Crippen molar-refractivity contribution >= 4 is 40.3 Å². The maximum Gasteiger partial charge on any atom is 0.266 e. The van der Waals surface area contributed by atoms with E-state index in [1.165, 1.54) is 0 Å². The highest BCUT2D eigenvalue weighted by atomic mass is 127. The molecule has 2 aromatic carbocycles. The van der Waals surface area contributed by atoms with Crippen molar-refractivity contribution in [3.05, 3.63) is 56.2 Å². The molecule has 2 rings (SSSR count). The highest BCUT2D eigenvalue weighted by molar-refractivity contribution is 14.1. The van der Waals surface area contributed by atoms with Gasteiger partial charge in [-0.3, -0.25) is 4.79 Å². The number of hydrogen-bond acceptors (Lipinski definition) is 4. The number of benzene rings is 2. The van der Waals surface area contributed by atoms with Gasteiger partial charge in [-0.2, -0.15) is 5.26 Å². The highest BCUT2D eigenvalue weighted by Gasteiger charge is 2.14. The number of nitriles is 1. The first-order valence-corrected chi connectivity index (χ1v) is 10.1. The first-order chi connectivity index (χ1) is 13.4. The monoisotopic (exact) mass is 490 g/mol. The van der Waals surface area contributed by atoms with Gasteiger partial charge < -0.3 is 14.8 Å². The van der Waals surface area contributed by atoms with Gasteiger partial charge in [0, 0.05) is 5.69 Å². The quantitative estimate of drug-likeness (QED) is 0.327. The molecule has 2 aromatic rings. The van der Waals surface area contributed by atoms with E-state index in [0.29, 0.717) is 36.0 Å². The van der Waals surface area contributed by atoms with Crippen LogP contribution in [0, 0.1) is 28.7 Å². The van der Waals surface area contributed by atoms with Crippen LogP contribution in [-0.2, 0) is 4.79 Å². The second kappa shape index (κ2) is 10.1. The number of aryl methyl sites for hydroxylation is 2. The van der Waals surface area contributed by atoms with Crippen LogP contribution in [0.3, 0.4) is 0 Å². The zero-order valence-electron chi connectivity index (χ0n) is 16.4. The number of amides is 1. The lowest BCUT2D eigenvalue weighted by Crippen LogP contribution is -2.14. The Hall–Kier alpha value is -2.53. The highest BCUT2D eigenvalue weighted by Crippen LogP contribution is 2.35. The molecule has 28 heavy (non-hydrogen) atoms. The van der Waals surface area contributed by atoms with Crippen LogP contribution >= 0.6 is 22.6 Å². The molecule has 0 radical (unpaired) electrons. The van der Waals surface area contributed by atoms with Gasteiger partial charge in [-0.15, -0.1) is 0 Å². The molecule has 0 saturated carbocycles. The van der Waals surface area contributed by atoms with Gasteiger partial charge in [0.15, 0.2) is 11.5 Å². The Morgan fingerprint density at radius 1 is 1.18 bits per heavy atom. The second-order valence-corrected chi connectivity index (χ2v) is 7.30. The van der Waals surface area contributed by atoms with E-state index in [9.17, 15) is 10.1 Å². The van der Waals surface area contributed by atoms with E-state index in [4.69, 9.17) is 9.47 Å². The third kappa shape index (κ3) is 5.49. The predicted molar refractivity (Wildman–Crippen MR) is 120 cm³/mol. The second-order valence-electron chi connectivity index (χ2n) is 6.14. The number of ether oxygens (including phenoxy) is 2. The first-order valence-electron chi connectivity index (χ1n) is 8.99. The van der Waals surface area contributed by atoms with E-state index in [1.807, 2.05) is 58.0 Å². The molecule has 1 N–H and O–H groups in total. The van der Waals surface area contributed by atoms with Crippen molar-refractivity contribution in [1.29, 1.82) is 5.26 Å². The van der Waals surface area contributed by atoms with Crippen LogP contribution in [0.15, 0.2) is 35.9 Å². The van der Waals surface area contributed by atoms with Gasteiger partial charge in [0.25, 0.3) is 5.91 Å². The van der Waals surface area contributed by atoms with Gasteiger partial charge in [-0.1, -0.05) is 12.1 Å². The molecule has 0 aromatic heterocycles. The largest absolute Gasteiger partial charge is 0.490 e. The van der Waals surface area contributed by atoms with Crippen LogP contribution in [0.1, 0.15) is 30.5 Å². The van der Waals surface area contributed by atoms with E-state index in [-0.39, 0.29) is 5.57 Å². The predicted octanol–water partition coefficient (Wildman–Crippen LogP) is 5.25. The maximum absolute atomic E-state index is 12.6. The van der Waals surface area contributed by atoms with Crippen LogP contribution in [0.2, 0.25) is 0 Å². The summed E-state index contributed by atoms with van der Waals surface area (Å²) in [5.41, 5.74) is 3.38. The Kier molecular flexibility index (Phi) is 7.88. The number of hydrogen-bond donors (Lipinski definition) is 1. The molecule has 0 aliphatic rings. The molecule has 1 amide bonds. The number of rotatable bonds is 7. The third-order valence-electron chi connectivity index (χ3n) is 3.94. The van der Waals surface area contributed by atoms with Crippen LogP contribution in [-0.4, -0.2) is 19.1 Å². The average molecular weight is 490 g/mol. The van der Waals surface area contributed by atoms with E-state index in [1.54, 1.807) is 12.1 Å². The normalized spacial score (nSPS) is 10.9. The molecule has 0 spiro atoms. The van der Waals surface area contributed by atoms with Crippen molar-refractivity contribution in [1.82, 2.24) is 0 Å². The summed E-state index contributed by atoms with van der Waals surface area (Å²) in [7, 11) is 0. The molecular formula is C22H23IN2O3. The standard InChI is InChI=1S/C22H23IN2O3/c1-5-27-20-12-16(11-18(23)21(20)28-6-2)10-17(13-24)22(26)25-19-9-14(3)7-8-15(19)4/h7-12H,5-6H2,1-4H3,(H,25,26). The molecule has 6 heteroatoms. The molecule has 0 unspecified atom stereocenters. The van der Waals surface area contributed by atoms with Gasteiger partial charge in [0.05, 0.1) is 16.8 Å². The minimum atomic E-state index is -0.446. The lowest BCUT2D eigenvalue weighted by molar-refractivity contribution is -0.112. The molecule has 0 aliphatic carbocycles. The summed E-state index contributed by atoms with van der Waals surface area (Å²) in [5, 5.41) is 12.3. The van der Waals surface area contributed by atoms with Crippen LogP contribution in [0.25, 0.3) is 6.08 Å². The summed E-state index contributed by atoms with van der Waals surface area (Å²) >= 11 is 2.16. The molecule has 0 fully saturated rings. The first kappa shape index (κ1) is 21.8. The summed E-state index contributed by atoms with van der Waals surface area (Å²) in [6, 6.07) is 11.4. The SMILES string of the molecule is CCOc1cc(C=C(C#N)C(=O)Nc2cc(C)ccc2C)cc(I)c1OCC. The van der Waals surface area contributed by atoms with Crippen molar-refractivity contribution in [2.45, 2.75) is 27.7 Å². The number of carbonyl (C=O) groups is 1. The topological polar surface area (TPSA) is 71.3 Å². The zero-order chi connectivity index (χ0) is 20.7. The van der Waals surface area contributed by atoms with Crippen molar-refractivity contribution in [3.63, 3.8) is 0 Å². The summed E-state index contributed by atoms with van der Waals surface area (Å²) in [6.45, 7) is 8.67. The smallest absolute Gasteiger partial charge is 0.266 e. The van der Waals surface area contributed by atoms with Gasteiger partial charge >= 0.3 is 0 Å². The fraction of sp³-hybridized carbons (Fsp3) is 0.273. The molecule has 0 saturated heterocycles. The average Bonchev–Trinajstić information content (AvgIpc) is 2.65. The number of carbonyl (C=O) groups excluding carboxylic acids is 1. The Labute approximate surface area is 179 Å². The molecule has 5 nitrogen and oxygen atoms in total. The van der Waals surface area contributed by atoms with Crippen LogP contribution in [0.5, 0.6) is 11.5 Å². The fourth-order valence-corrected chi connectivity index (χ4v) is 3.38. The fourth-order valence-electron chi connectivity index (χ4n) is 2.59. The zero-order valence-corrected chi connectivity index (χ0v) is 18.6. The van der Waals surface area contributed by atoms with E-state index >= 15 is 0 Å². The van der Waals surface area contributed by atoms with E-state index in [0.717, 1.165) is 14.7 Å². The Morgan fingerprint density at radius 2 is 1.89 bits per heavy atom. The van der Waals surface area contributed by atoms with Gasteiger partial charge in [0.2, 0.25) is 0 Å². The third-order valence-corrected chi connectivity index (χ3v) is 4.74. The Bertz CT molecular complexity index is 946.